The second-order valence-corrected chi connectivity index (χ2v) is 7.38. The van der Waals surface area contributed by atoms with Crippen LogP contribution in [0.25, 0.3) is 0 Å². The molecule has 1 saturated carbocycles. The number of hydrogen-bond donors (Lipinski definition) is 1. The van der Waals surface area contributed by atoms with Gasteiger partial charge in [-0.15, -0.1) is 0 Å². The predicted octanol–water partition coefficient (Wildman–Crippen LogP) is 2.72. The molecule has 0 radical (unpaired) electrons. The van der Waals surface area contributed by atoms with E-state index in [-0.39, 0.29) is 5.31 Å². The maximum absolute atomic E-state index is 10.2. The molecule has 116 valence electrons. The lowest BCUT2D eigenvalue weighted by molar-refractivity contribution is 0.265. The first-order valence-corrected chi connectivity index (χ1v) is 7.98. The maximum atomic E-state index is 10.2. The summed E-state index contributed by atoms with van der Waals surface area (Å²) >= 11 is 0. The molecule has 22 heavy (non-hydrogen) atoms. The van der Waals surface area contributed by atoms with Gasteiger partial charge in [0.1, 0.15) is 19.4 Å². The second kappa shape index (κ2) is 5.11. The summed E-state index contributed by atoms with van der Waals surface area (Å²) in [6, 6.07) is 7.72. The van der Waals surface area contributed by atoms with Crippen LogP contribution >= 0.6 is 0 Å². The summed E-state index contributed by atoms with van der Waals surface area (Å²) in [6.07, 6.45) is 7.57. The quantitative estimate of drug-likeness (QED) is 0.846. The highest BCUT2D eigenvalue weighted by Gasteiger charge is 2.53. The number of phenols is 1. The van der Waals surface area contributed by atoms with Crippen molar-refractivity contribution >= 4 is 7.85 Å². The van der Waals surface area contributed by atoms with Gasteiger partial charge in [-0.2, -0.15) is 0 Å². The van der Waals surface area contributed by atoms with Crippen LogP contribution in [-0.2, 0) is 6.42 Å². The van der Waals surface area contributed by atoms with Gasteiger partial charge in [0.2, 0.25) is 0 Å². The summed E-state index contributed by atoms with van der Waals surface area (Å²) in [5.41, 5.74) is 1.38. The van der Waals surface area contributed by atoms with Crippen LogP contribution in [0.3, 0.4) is 0 Å². The fourth-order valence-corrected chi connectivity index (χ4v) is 3.41. The molecular formula is C18H25BN2O. The van der Waals surface area contributed by atoms with E-state index >= 15 is 0 Å². The molecule has 1 aromatic carbocycles. The van der Waals surface area contributed by atoms with Gasteiger partial charge in [-0.05, 0) is 41.6 Å². The fraction of sp³-hybridized carbons (Fsp3) is 0.444. The molecule has 0 saturated heterocycles. The van der Waals surface area contributed by atoms with Crippen molar-refractivity contribution in [3.05, 3.63) is 54.6 Å². The minimum absolute atomic E-state index is 0.101. The van der Waals surface area contributed by atoms with E-state index in [0.717, 1.165) is 24.4 Å². The molecule has 0 spiro atoms. The lowest BCUT2D eigenvalue weighted by Crippen LogP contribution is -2.37. The summed E-state index contributed by atoms with van der Waals surface area (Å²) < 4.78 is 0. The van der Waals surface area contributed by atoms with Crippen LogP contribution in [0.4, 0.5) is 0 Å². The van der Waals surface area contributed by atoms with Crippen molar-refractivity contribution < 1.29 is 5.11 Å². The molecule has 2 aliphatic rings. The normalized spacial score (nSPS) is 22.0. The average molecular weight is 296 g/mol. The van der Waals surface area contributed by atoms with E-state index in [0.29, 0.717) is 11.2 Å². The monoisotopic (exact) mass is 296 g/mol. The van der Waals surface area contributed by atoms with E-state index < -0.39 is 0 Å². The van der Waals surface area contributed by atoms with Gasteiger partial charge in [0.05, 0.1) is 0 Å². The van der Waals surface area contributed by atoms with E-state index in [9.17, 15) is 5.11 Å². The van der Waals surface area contributed by atoms with E-state index in [1.807, 2.05) is 25.2 Å². The summed E-state index contributed by atoms with van der Waals surface area (Å²) in [7, 11) is 4.38. The topological polar surface area (TPSA) is 26.7 Å². The van der Waals surface area contributed by atoms with Crippen molar-refractivity contribution in [1.29, 1.82) is 0 Å². The number of para-hydroxylation sites is 1. The largest absolute Gasteiger partial charge is 0.508 e. The van der Waals surface area contributed by atoms with Gasteiger partial charge in [-0.1, -0.05) is 31.7 Å². The first-order valence-electron chi connectivity index (χ1n) is 7.98. The Labute approximate surface area is 134 Å². The number of hydrogen-bond acceptors (Lipinski definition) is 3. The Hall–Kier alpha value is -1.84. The van der Waals surface area contributed by atoms with Crippen LogP contribution in [-0.4, -0.2) is 36.3 Å². The Morgan fingerprint density at radius 1 is 1.32 bits per heavy atom. The molecule has 1 fully saturated rings. The van der Waals surface area contributed by atoms with Crippen LogP contribution in [0.1, 0.15) is 25.3 Å². The minimum atomic E-state index is 0.101. The smallest absolute Gasteiger partial charge is 0.118 e. The Morgan fingerprint density at radius 3 is 2.55 bits per heavy atom. The molecule has 0 aromatic heterocycles. The van der Waals surface area contributed by atoms with Crippen molar-refractivity contribution in [1.82, 2.24) is 9.80 Å². The standard InChI is InChI=1S/C18H25BN2O/c1-14-20(3)10-11-21(14)13-18(19,17(2)8-9-17)12-15-6-4-5-7-16(15)22/h4-7,10-11,22H,1,8-9,12-13,19H2,2-3H3. The molecule has 0 bridgehead atoms. The highest BCUT2D eigenvalue weighted by molar-refractivity contribution is 6.16. The first kappa shape index (κ1) is 15.1. The van der Waals surface area contributed by atoms with Crippen molar-refractivity contribution in [2.24, 2.45) is 5.41 Å². The molecule has 3 rings (SSSR count). The van der Waals surface area contributed by atoms with Crippen molar-refractivity contribution in [2.75, 3.05) is 13.6 Å². The van der Waals surface area contributed by atoms with Gasteiger partial charge in [-0.3, -0.25) is 0 Å². The molecule has 0 amide bonds. The molecule has 1 unspecified atom stereocenters. The lowest BCUT2D eigenvalue weighted by Gasteiger charge is -2.40. The number of nitrogens with zero attached hydrogens (tertiary/aromatic N) is 2. The van der Waals surface area contributed by atoms with Crippen LogP contribution in [0, 0.1) is 5.41 Å². The van der Waals surface area contributed by atoms with Gasteiger partial charge >= 0.3 is 0 Å². The molecule has 1 heterocycles. The molecule has 1 aliphatic heterocycles. The first-order chi connectivity index (χ1) is 10.3. The van der Waals surface area contributed by atoms with Crippen LogP contribution in [0.5, 0.6) is 5.75 Å². The Bertz CT molecular complexity index is 623. The van der Waals surface area contributed by atoms with Crippen LogP contribution in [0.2, 0.25) is 5.31 Å². The fourth-order valence-electron chi connectivity index (χ4n) is 3.41. The van der Waals surface area contributed by atoms with Gasteiger partial charge in [-0.25, -0.2) is 0 Å². The SMILES string of the molecule is BC(Cc1ccccc1O)(CN1C=CN(C)C1=C)C1(C)CC1. The van der Waals surface area contributed by atoms with E-state index in [2.05, 4.69) is 43.5 Å². The molecule has 4 heteroatoms. The zero-order valence-electron chi connectivity index (χ0n) is 13.8. The number of benzene rings is 1. The second-order valence-electron chi connectivity index (χ2n) is 7.38. The number of rotatable bonds is 5. The predicted molar refractivity (Wildman–Crippen MR) is 93.1 cm³/mol. The van der Waals surface area contributed by atoms with Crippen LogP contribution < -0.4 is 0 Å². The third-order valence-corrected chi connectivity index (χ3v) is 5.76. The molecule has 1 aromatic rings. The molecule has 3 nitrogen and oxygen atoms in total. The van der Waals surface area contributed by atoms with Crippen molar-refractivity contribution in [3.63, 3.8) is 0 Å². The van der Waals surface area contributed by atoms with Gasteiger partial charge in [0, 0.05) is 26.0 Å². The Balaban J connectivity index is 1.85. The van der Waals surface area contributed by atoms with Gasteiger partial charge < -0.3 is 14.9 Å². The highest BCUT2D eigenvalue weighted by atomic mass is 16.3. The van der Waals surface area contributed by atoms with Crippen molar-refractivity contribution in [3.8, 4) is 5.75 Å². The third-order valence-electron chi connectivity index (χ3n) is 5.76. The van der Waals surface area contributed by atoms with Crippen LogP contribution in [0.15, 0.2) is 49.1 Å². The zero-order valence-corrected chi connectivity index (χ0v) is 13.8. The summed E-state index contributed by atoms with van der Waals surface area (Å²) in [5, 5.41) is 10.3. The minimum Gasteiger partial charge on any atom is -0.508 e. The summed E-state index contributed by atoms with van der Waals surface area (Å²) in [4.78, 5) is 4.29. The number of phenolic OH excluding ortho intramolecular Hbond substituents is 1. The summed E-state index contributed by atoms with van der Waals surface area (Å²) in [6.45, 7) is 7.47. The molecule has 1 N–H and O–H groups in total. The Kier molecular flexibility index (Phi) is 3.50. The Morgan fingerprint density at radius 2 is 2.00 bits per heavy atom. The maximum Gasteiger partial charge on any atom is 0.118 e. The van der Waals surface area contributed by atoms with E-state index in [1.54, 1.807) is 6.07 Å². The highest BCUT2D eigenvalue weighted by Crippen LogP contribution is 2.63. The molecule has 1 aliphatic carbocycles. The van der Waals surface area contributed by atoms with E-state index in [1.165, 1.54) is 12.8 Å². The number of aromatic hydroxyl groups is 1. The third kappa shape index (κ3) is 2.51. The van der Waals surface area contributed by atoms with Gasteiger partial charge in [0.15, 0.2) is 0 Å². The summed E-state index contributed by atoms with van der Waals surface area (Å²) in [5.74, 6) is 1.43. The molecular weight excluding hydrogens is 271 g/mol. The lowest BCUT2D eigenvalue weighted by atomic mass is 9.55. The average Bonchev–Trinajstić information content (AvgIpc) is 3.17. The zero-order chi connectivity index (χ0) is 16.0. The van der Waals surface area contributed by atoms with Crippen molar-refractivity contribution in [2.45, 2.75) is 31.5 Å². The van der Waals surface area contributed by atoms with E-state index in [4.69, 9.17) is 0 Å². The van der Waals surface area contributed by atoms with Gasteiger partial charge in [0.25, 0.3) is 0 Å². The molecule has 1 atom stereocenters.